The monoisotopic (exact) mass is 428 g/mol. The molecule has 1 N–H and O–H groups in total. The number of fused-ring (bicyclic) bond motifs is 1. The number of aromatic nitrogens is 2. The lowest BCUT2D eigenvalue weighted by molar-refractivity contribution is -0.137. The van der Waals surface area contributed by atoms with Crippen LogP contribution < -0.4 is 9.62 Å². The molecule has 0 radical (unpaired) electrons. The van der Waals surface area contributed by atoms with Gasteiger partial charge in [-0.15, -0.1) is 0 Å². The van der Waals surface area contributed by atoms with Crippen LogP contribution in [0.5, 0.6) is 0 Å². The van der Waals surface area contributed by atoms with Crippen molar-refractivity contribution in [2.45, 2.75) is 17.6 Å². The Kier molecular flexibility index (Phi) is 5.80. The van der Waals surface area contributed by atoms with Gasteiger partial charge in [-0.25, -0.2) is 17.4 Å². The third-order valence-electron chi connectivity index (χ3n) is 4.53. The zero-order valence-corrected chi connectivity index (χ0v) is 16.1. The minimum atomic E-state index is -4.55. The zero-order chi connectivity index (χ0) is 21.2. The molecule has 1 aromatic heterocycles. The molecule has 0 spiro atoms. The molecule has 1 unspecified atom stereocenters. The van der Waals surface area contributed by atoms with Gasteiger partial charge in [0.15, 0.2) is 0 Å². The molecule has 3 rings (SSSR count). The summed E-state index contributed by atoms with van der Waals surface area (Å²) in [5, 5.41) is 7.18. The van der Waals surface area contributed by atoms with Crippen molar-refractivity contribution in [3.05, 3.63) is 54.2 Å². The molecule has 7 nitrogen and oxygen atoms in total. The van der Waals surface area contributed by atoms with Crippen LogP contribution in [0.3, 0.4) is 0 Å². The zero-order valence-electron chi connectivity index (χ0n) is 15.3. The molecular weight excluding hydrogens is 409 g/mol. The molecule has 1 aliphatic rings. The number of carbonyl (C=O) groups excluding carboxylic acids is 1. The largest absolute Gasteiger partial charge is 0.416 e. The van der Waals surface area contributed by atoms with E-state index in [1.54, 1.807) is 6.07 Å². The minimum Gasteiger partial charge on any atom is -0.312 e. The van der Waals surface area contributed by atoms with Crippen LogP contribution >= 0.6 is 0 Å². The van der Waals surface area contributed by atoms with Gasteiger partial charge in [0.25, 0.3) is 10.0 Å². The summed E-state index contributed by atoms with van der Waals surface area (Å²) in [5.74, 6) is 0.185. The Morgan fingerprint density at radius 3 is 2.55 bits per heavy atom. The first-order chi connectivity index (χ1) is 13.6. The Balaban J connectivity index is 1.83. The van der Waals surface area contributed by atoms with E-state index < -0.39 is 21.8 Å². The summed E-state index contributed by atoms with van der Waals surface area (Å²) in [4.78, 5) is 10.4. The molecule has 0 saturated carbocycles. The van der Waals surface area contributed by atoms with E-state index in [9.17, 15) is 26.4 Å². The van der Waals surface area contributed by atoms with Crippen LogP contribution in [0.1, 0.15) is 5.56 Å². The average molecular weight is 428 g/mol. The Morgan fingerprint density at radius 2 is 1.93 bits per heavy atom. The number of carbonyl (C=O) groups is 1. The maximum atomic E-state index is 13.1. The lowest BCUT2D eigenvalue weighted by Gasteiger charge is -2.34. The number of halogens is 3. The summed E-state index contributed by atoms with van der Waals surface area (Å²) in [5.41, 5.74) is -0.549. The number of benzene rings is 1. The molecule has 0 saturated heterocycles. The lowest BCUT2D eigenvalue weighted by Crippen LogP contribution is -2.45. The Bertz CT molecular complexity index is 1000. The molecular formula is C18H19F3N4O3S. The average Bonchev–Trinajstić information content (AvgIpc) is 3.15. The fourth-order valence-electron chi connectivity index (χ4n) is 3.08. The van der Waals surface area contributed by atoms with Crippen molar-refractivity contribution < 1.29 is 26.4 Å². The summed E-state index contributed by atoms with van der Waals surface area (Å²) in [7, 11) is -4.08. The first kappa shape index (κ1) is 21.1. The first-order valence-electron chi connectivity index (χ1n) is 8.68. The van der Waals surface area contributed by atoms with Crippen LogP contribution in [-0.4, -0.2) is 44.1 Å². The van der Waals surface area contributed by atoms with Gasteiger partial charge in [-0.05, 0) is 29.8 Å². The van der Waals surface area contributed by atoms with E-state index in [0.717, 1.165) is 28.6 Å². The molecule has 0 aliphatic carbocycles. The van der Waals surface area contributed by atoms with E-state index in [1.807, 2.05) is 0 Å². The van der Waals surface area contributed by atoms with Crippen molar-refractivity contribution in [1.82, 2.24) is 15.1 Å². The summed E-state index contributed by atoms with van der Waals surface area (Å²) < 4.78 is 67.2. The van der Waals surface area contributed by atoms with Crippen LogP contribution in [0.2, 0.25) is 0 Å². The van der Waals surface area contributed by atoms with Gasteiger partial charge >= 0.3 is 6.18 Å². The first-order valence-corrected chi connectivity index (χ1v) is 10.1. The highest BCUT2D eigenvalue weighted by atomic mass is 32.2. The summed E-state index contributed by atoms with van der Waals surface area (Å²) in [6.07, 6.45) is -2.44. The van der Waals surface area contributed by atoms with Crippen molar-refractivity contribution in [2.75, 3.05) is 23.9 Å². The van der Waals surface area contributed by atoms with Gasteiger partial charge in [0.2, 0.25) is 0 Å². The molecule has 2 heterocycles. The number of anilines is 1. The number of nitrogens with zero attached hydrogens (tertiary/aromatic N) is 3. The smallest absolute Gasteiger partial charge is 0.312 e. The SMILES string of the molecule is C=C(C=O)CNCC1CN(S(=O)(=O)c2ccc(C(F)(F)F)cc2)c2ccnn2C1. The highest BCUT2D eigenvalue weighted by molar-refractivity contribution is 7.92. The number of rotatable bonds is 7. The number of nitrogens with one attached hydrogen (secondary N) is 1. The van der Waals surface area contributed by atoms with Gasteiger partial charge in [0.05, 0.1) is 16.7 Å². The molecule has 29 heavy (non-hydrogen) atoms. The van der Waals surface area contributed by atoms with Gasteiger partial charge in [-0.3, -0.25) is 4.79 Å². The van der Waals surface area contributed by atoms with Crippen molar-refractivity contribution >= 4 is 22.1 Å². The minimum absolute atomic E-state index is 0.121. The third-order valence-corrected chi connectivity index (χ3v) is 6.31. The van der Waals surface area contributed by atoms with Crippen LogP contribution in [0.15, 0.2) is 53.6 Å². The molecule has 0 amide bonds. The van der Waals surface area contributed by atoms with E-state index in [-0.39, 0.29) is 23.9 Å². The molecule has 0 fully saturated rings. The number of hydrogen-bond acceptors (Lipinski definition) is 5. The Morgan fingerprint density at radius 1 is 1.24 bits per heavy atom. The molecule has 2 aromatic rings. The second kappa shape index (κ2) is 7.99. The van der Waals surface area contributed by atoms with E-state index >= 15 is 0 Å². The fourth-order valence-corrected chi connectivity index (χ4v) is 4.62. The van der Waals surface area contributed by atoms with Gasteiger partial charge < -0.3 is 5.32 Å². The van der Waals surface area contributed by atoms with E-state index in [1.165, 1.54) is 10.9 Å². The van der Waals surface area contributed by atoms with Gasteiger partial charge in [-0.2, -0.15) is 18.3 Å². The second-order valence-corrected chi connectivity index (χ2v) is 8.57. The predicted octanol–water partition coefficient (Wildman–Crippen LogP) is 2.07. The summed E-state index contributed by atoms with van der Waals surface area (Å²) >= 11 is 0. The number of hydrogen-bond donors (Lipinski definition) is 1. The lowest BCUT2D eigenvalue weighted by atomic mass is 10.1. The van der Waals surface area contributed by atoms with Crippen molar-refractivity contribution in [3.63, 3.8) is 0 Å². The maximum absolute atomic E-state index is 13.1. The van der Waals surface area contributed by atoms with Crippen LogP contribution in [0.25, 0.3) is 0 Å². The summed E-state index contributed by atoms with van der Waals surface area (Å²) in [6, 6.07) is 4.94. The quantitative estimate of drug-likeness (QED) is 0.539. The highest BCUT2D eigenvalue weighted by Crippen LogP contribution is 2.32. The fraction of sp³-hybridized carbons (Fsp3) is 0.333. The number of alkyl halides is 3. The highest BCUT2D eigenvalue weighted by Gasteiger charge is 2.35. The van der Waals surface area contributed by atoms with E-state index in [2.05, 4.69) is 17.0 Å². The third kappa shape index (κ3) is 4.51. The Labute approximate surface area is 165 Å². The standard InChI is InChI=1S/C18H19F3N4O3S/c1-13(12-26)8-22-9-14-10-24-17(6-7-23-24)25(11-14)29(27,28)16-4-2-15(3-5-16)18(19,20)21/h2-7,12,14,22H,1,8-11H2. The maximum Gasteiger partial charge on any atom is 0.416 e. The van der Waals surface area contributed by atoms with E-state index in [0.29, 0.717) is 30.8 Å². The van der Waals surface area contributed by atoms with Gasteiger partial charge in [0.1, 0.15) is 12.1 Å². The van der Waals surface area contributed by atoms with Crippen molar-refractivity contribution in [2.24, 2.45) is 5.92 Å². The number of aldehydes is 1. The topological polar surface area (TPSA) is 84.3 Å². The second-order valence-electron chi connectivity index (χ2n) is 6.70. The van der Waals surface area contributed by atoms with Crippen LogP contribution in [0.4, 0.5) is 19.0 Å². The molecule has 1 aliphatic heterocycles. The van der Waals surface area contributed by atoms with Crippen molar-refractivity contribution in [3.8, 4) is 0 Å². The molecule has 156 valence electrons. The Hall–Kier alpha value is -2.66. The molecule has 11 heteroatoms. The predicted molar refractivity (Wildman–Crippen MR) is 99.8 cm³/mol. The van der Waals surface area contributed by atoms with Crippen LogP contribution in [0, 0.1) is 5.92 Å². The normalized spacial score (nSPS) is 17.1. The summed E-state index contributed by atoms with van der Waals surface area (Å²) in [6.45, 7) is 4.83. The van der Waals surface area contributed by atoms with Crippen LogP contribution in [-0.2, 0) is 27.5 Å². The van der Waals surface area contributed by atoms with E-state index in [4.69, 9.17) is 0 Å². The number of sulfonamides is 1. The molecule has 0 bridgehead atoms. The van der Waals surface area contributed by atoms with Crippen molar-refractivity contribution in [1.29, 1.82) is 0 Å². The van der Waals surface area contributed by atoms with Gasteiger partial charge in [0, 0.05) is 38.2 Å². The van der Waals surface area contributed by atoms with Gasteiger partial charge in [-0.1, -0.05) is 6.58 Å². The molecule has 1 aromatic carbocycles. The molecule has 1 atom stereocenters.